The van der Waals surface area contributed by atoms with E-state index in [0.29, 0.717) is 32.6 Å². The first-order chi connectivity index (χ1) is 13.5. The number of rotatable bonds is 3. The topological polar surface area (TPSA) is 77.0 Å². The van der Waals surface area contributed by atoms with Crippen molar-refractivity contribution in [3.05, 3.63) is 74.9 Å². The van der Waals surface area contributed by atoms with Crippen molar-refractivity contribution in [2.24, 2.45) is 4.99 Å². The van der Waals surface area contributed by atoms with Crippen molar-refractivity contribution in [2.75, 3.05) is 26.1 Å². The fourth-order valence-electron chi connectivity index (χ4n) is 2.83. The van der Waals surface area contributed by atoms with Gasteiger partial charge in [0.15, 0.2) is 5.57 Å². The van der Waals surface area contributed by atoms with Gasteiger partial charge in [-0.2, -0.15) is 0 Å². The lowest BCUT2D eigenvalue weighted by atomic mass is 10.0. The number of fused-ring (bicyclic) bond motifs is 1. The van der Waals surface area contributed by atoms with Crippen molar-refractivity contribution in [3.63, 3.8) is 0 Å². The van der Waals surface area contributed by atoms with Gasteiger partial charge in [-0.3, -0.25) is 4.99 Å². The summed E-state index contributed by atoms with van der Waals surface area (Å²) < 4.78 is 9.48. The van der Waals surface area contributed by atoms with Gasteiger partial charge in [-0.25, -0.2) is 9.59 Å². The molecule has 0 saturated carbocycles. The number of benzene rings is 2. The highest BCUT2D eigenvalue weighted by molar-refractivity contribution is 6.36. The Balaban J connectivity index is 2.24. The molecule has 1 N–H and O–H groups in total. The lowest BCUT2D eigenvalue weighted by Gasteiger charge is -2.14. The van der Waals surface area contributed by atoms with Gasteiger partial charge in [-0.1, -0.05) is 41.4 Å². The molecule has 0 aromatic heterocycles. The zero-order valence-corrected chi connectivity index (χ0v) is 16.6. The van der Waals surface area contributed by atoms with Crippen LogP contribution in [0.5, 0.6) is 0 Å². The van der Waals surface area contributed by atoms with Crippen molar-refractivity contribution < 1.29 is 19.1 Å². The van der Waals surface area contributed by atoms with Gasteiger partial charge in [0.05, 0.1) is 32.2 Å². The molecule has 144 valence electrons. The molecule has 0 radical (unpaired) electrons. The summed E-state index contributed by atoms with van der Waals surface area (Å²) in [7, 11) is 2.38. The van der Waals surface area contributed by atoms with Crippen molar-refractivity contribution in [2.45, 2.75) is 0 Å². The Hall–Kier alpha value is -2.83. The molecule has 0 spiro atoms. The Morgan fingerprint density at radius 3 is 2.32 bits per heavy atom. The van der Waals surface area contributed by atoms with Crippen molar-refractivity contribution in [1.82, 2.24) is 0 Å². The van der Waals surface area contributed by atoms with Gasteiger partial charge in [-0.05, 0) is 24.3 Å². The Morgan fingerprint density at radius 1 is 1.00 bits per heavy atom. The SMILES string of the molecule is COC(=O)C(C(=O)OC)=C1CN=C(c2ccccc2Cl)c2cc(Cl)ccc2N1. The maximum atomic E-state index is 12.2. The Kier molecular flexibility index (Phi) is 6.02. The van der Waals surface area contributed by atoms with Gasteiger partial charge >= 0.3 is 11.9 Å². The van der Waals surface area contributed by atoms with E-state index in [9.17, 15) is 9.59 Å². The predicted molar refractivity (Wildman–Crippen MR) is 108 cm³/mol. The molecule has 0 aliphatic carbocycles. The molecule has 0 atom stereocenters. The first-order valence-electron chi connectivity index (χ1n) is 8.22. The van der Waals surface area contributed by atoms with Crippen LogP contribution < -0.4 is 5.32 Å². The van der Waals surface area contributed by atoms with Crippen molar-refractivity contribution in [3.8, 4) is 0 Å². The number of esters is 2. The number of anilines is 1. The first-order valence-corrected chi connectivity index (χ1v) is 8.98. The number of nitrogens with one attached hydrogen (secondary N) is 1. The molecule has 0 saturated heterocycles. The van der Waals surface area contributed by atoms with Crippen LogP contribution in [0.4, 0.5) is 5.69 Å². The van der Waals surface area contributed by atoms with E-state index in [0.717, 1.165) is 0 Å². The molecule has 1 heterocycles. The zero-order chi connectivity index (χ0) is 20.3. The second-order valence-electron chi connectivity index (χ2n) is 5.80. The van der Waals surface area contributed by atoms with E-state index in [1.54, 1.807) is 24.3 Å². The summed E-state index contributed by atoms with van der Waals surface area (Å²) in [6, 6.07) is 12.4. The Morgan fingerprint density at radius 2 is 1.68 bits per heavy atom. The summed E-state index contributed by atoms with van der Waals surface area (Å²) in [5.41, 5.74) is 2.58. The summed E-state index contributed by atoms with van der Waals surface area (Å²) >= 11 is 12.6. The lowest BCUT2D eigenvalue weighted by molar-refractivity contribution is -0.144. The zero-order valence-electron chi connectivity index (χ0n) is 15.1. The number of hydrogen-bond acceptors (Lipinski definition) is 6. The maximum Gasteiger partial charge on any atom is 0.347 e. The molecule has 2 aromatic carbocycles. The minimum Gasteiger partial charge on any atom is -0.465 e. The fourth-order valence-corrected chi connectivity index (χ4v) is 3.22. The van der Waals surface area contributed by atoms with E-state index >= 15 is 0 Å². The van der Waals surface area contributed by atoms with Crippen LogP contribution in [0.1, 0.15) is 11.1 Å². The Labute approximate surface area is 171 Å². The number of aliphatic imine (C=N–C) groups is 1. The van der Waals surface area contributed by atoms with Crippen LogP contribution in [-0.4, -0.2) is 38.4 Å². The highest BCUT2D eigenvalue weighted by atomic mass is 35.5. The predicted octanol–water partition coefficient (Wildman–Crippen LogP) is 3.86. The second-order valence-corrected chi connectivity index (χ2v) is 6.64. The normalized spacial score (nSPS) is 12.9. The van der Waals surface area contributed by atoms with Crippen LogP contribution in [0.2, 0.25) is 10.0 Å². The molecular weight excluding hydrogens is 403 g/mol. The monoisotopic (exact) mass is 418 g/mol. The average Bonchev–Trinajstić information content (AvgIpc) is 2.87. The number of nitrogens with zero attached hydrogens (tertiary/aromatic N) is 1. The molecule has 0 unspecified atom stereocenters. The van der Waals surface area contributed by atoms with Crippen LogP contribution in [0.25, 0.3) is 0 Å². The number of benzodiazepines with no additional fused rings is 1. The summed E-state index contributed by atoms with van der Waals surface area (Å²) in [6.45, 7) is 0.00634. The summed E-state index contributed by atoms with van der Waals surface area (Å²) in [4.78, 5) is 29.0. The van der Waals surface area contributed by atoms with Crippen LogP contribution in [0, 0.1) is 0 Å². The van der Waals surface area contributed by atoms with Gasteiger partial charge in [0, 0.05) is 26.9 Å². The van der Waals surface area contributed by atoms with Crippen LogP contribution in [-0.2, 0) is 19.1 Å². The molecule has 0 fully saturated rings. The van der Waals surface area contributed by atoms with Crippen LogP contribution >= 0.6 is 23.2 Å². The number of hydrogen-bond donors (Lipinski definition) is 1. The van der Waals surface area contributed by atoms with Crippen molar-refractivity contribution in [1.29, 1.82) is 0 Å². The number of carbonyl (C=O) groups is 2. The fraction of sp³-hybridized carbons (Fsp3) is 0.150. The highest BCUT2D eigenvalue weighted by Gasteiger charge is 2.28. The smallest absolute Gasteiger partial charge is 0.347 e. The first kappa shape index (κ1) is 19.9. The quantitative estimate of drug-likeness (QED) is 0.354. The van der Waals surface area contributed by atoms with Crippen LogP contribution in [0.15, 0.2) is 58.7 Å². The molecule has 0 amide bonds. The molecule has 6 nitrogen and oxygen atoms in total. The Bertz CT molecular complexity index is 997. The van der Waals surface area contributed by atoms with Gasteiger partial charge in [-0.15, -0.1) is 0 Å². The third-order valence-corrected chi connectivity index (χ3v) is 4.69. The molecule has 3 rings (SSSR count). The van der Waals surface area contributed by atoms with Crippen molar-refractivity contribution >= 4 is 46.5 Å². The van der Waals surface area contributed by atoms with Gasteiger partial charge < -0.3 is 14.8 Å². The lowest BCUT2D eigenvalue weighted by Crippen LogP contribution is -2.22. The third kappa shape index (κ3) is 3.88. The number of carbonyl (C=O) groups excluding carboxylic acids is 2. The molecule has 1 aliphatic heterocycles. The number of halogens is 2. The third-order valence-electron chi connectivity index (χ3n) is 4.13. The average molecular weight is 419 g/mol. The van der Waals surface area contributed by atoms with E-state index < -0.39 is 11.9 Å². The highest BCUT2D eigenvalue weighted by Crippen LogP contribution is 2.31. The van der Waals surface area contributed by atoms with E-state index in [1.807, 2.05) is 18.2 Å². The van der Waals surface area contributed by atoms with Gasteiger partial charge in [0.25, 0.3) is 0 Å². The number of ether oxygens (including phenoxy) is 2. The summed E-state index contributed by atoms with van der Waals surface area (Å²) in [5, 5.41) is 4.12. The second kappa shape index (κ2) is 8.46. The summed E-state index contributed by atoms with van der Waals surface area (Å²) in [6.07, 6.45) is 0. The minimum atomic E-state index is -0.818. The molecule has 28 heavy (non-hydrogen) atoms. The molecule has 8 heteroatoms. The maximum absolute atomic E-state index is 12.2. The summed E-state index contributed by atoms with van der Waals surface area (Å²) in [5.74, 6) is -1.64. The molecular formula is C20H16Cl2N2O4. The van der Waals surface area contributed by atoms with E-state index in [1.165, 1.54) is 14.2 Å². The minimum absolute atomic E-state index is 0.00634. The molecule has 0 bridgehead atoms. The van der Waals surface area contributed by atoms with E-state index in [-0.39, 0.29) is 17.8 Å². The molecule has 2 aromatic rings. The van der Waals surface area contributed by atoms with E-state index in [4.69, 9.17) is 32.7 Å². The standard InChI is InChI=1S/C20H16Cl2N2O4/c1-27-19(25)17(20(26)28-2)16-10-23-18(12-5-3-4-6-14(12)22)13-9-11(21)7-8-15(13)24-16/h3-9,24H,10H2,1-2H3. The van der Waals surface area contributed by atoms with Gasteiger partial charge in [0.2, 0.25) is 0 Å². The molecule has 1 aliphatic rings. The number of methoxy groups -OCH3 is 2. The van der Waals surface area contributed by atoms with Gasteiger partial charge in [0.1, 0.15) is 0 Å². The largest absolute Gasteiger partial charge is 0.465 e. The van der Waals surface area contributed by atoms with Crippen LogP contribution in [0.3, 0.4) is 0 Å². The van der Waals surface area contributed by atoms with E-state index in [2.05, 4.69) is 10.3 Å².